The highest BCUT2D eigenvalue weighted by Gasteiger charge is 2.26. The normalized spacial score (nSPS) is 38.2. The monoisotopic (exact) mass is 170 g/mol. The molecule has 0 saturated heterocycles. The Bertz CT molecular complexity index is 138. The molecule has 1 saturated carbocycles. The van der Waals surface area contributed by atoms with Gasteiger partial charge in [-0.05, 0) is 38.0 Å². The lowest BCUT2D eigenvalue weighted by molar-refractivity contribution is 0.0427. The molecule has 72 valence electrons. The zero-order valence-electron chi connectivity index (χ0n) is 8.64. The number of rotatable bonds is 1. The minimum atomic E-state index is -0.371. The number of hydrogen-bond donors (Lipinski definition) is 1. The van der Waals surface area contributed by atoms with Crippen LogP contribution in [0.1, 0.15) is 52.9 Å². The van der Waals surface area contributed by atoms with Gasteiger partial charge in [0, 0.05) is 0 Å². The maximum Gasteiger partial charge on any atom is 0.0619 e. The molecule has 0 bridgehead atoms. The summed E-state index contributed by atoms with van der Waals surface area (Å²) in [5, 5.41) is 9.85. The Labute approximate surface area is 76.2 Å². The number of hydrogen-bond acceptors (Lipinski definition) is 1. The second kappa shape index (κ2) is 3.78. The van der Waals surface area contributed by atoms with Crippen molar-refractivity contribution < 1.29 is 5.11 Å². The summed E-state index contributed by atoms with van der Waals surface area (Å²) in [7, 11) is 0. The summed E-state index contributed by atoms with van der Waals surface area (Å²) in [5.41, 5.74) is -0.371. The maximum atomic E-state index is 9.85. The van der Waals surface area contributed by atoms with Gasteiger partial charge in [0.05, 0.1) is 5.60 Å². The zero-order valence-corrected chi connectivity index (χ0v) is 8.64. The van der Waals surface area contributed by atoms with Gasteiger partial charge in [0.25, 0.3) is 0 Å². The Kier molecular flexibility index (Phi) is 3.16. The van der Waals surface area contributed by atoms with Gasteiger partial charge in [0.2, 0.25) is 0 Å². The van der Waals surface area contributed by atoms with Gasteiger partial charge in [-0.15, -0.1) is 0 Å². The molecule has 1 N–H and O–H groups in total. The summed E-state index contributed by atoms with van der Waals surface area (Å²) < 4.78 is 0. The molecule has 1 aliphatic rings. The molecule has 0 aromatic heterocycles. The Morgan fingerprint density at radius 3 is 2.50 bits per heavy atom. The molecule has 1 rings (SSSR count). The highest BCUT2D eigenvalue weighted by Crippen LogP contribution is 2.33. The van der Waals surface area contributed by atoms with Crippen molar-refractivity contribution in [2.45, 2.75) is 58.5 Å². The molecule has 12 heavy (non-hydrogen) atoms. The Morgan fingerprint density at radius 2 is 1.92 bits per heavy atom. The fourth-order valence-electron chi connectivity index (χ4n) is 2.18. The maximum absolute atomic E-state index is 9.85. The zero-order chi connectivity index (χ0) is 9.19. The highest BCUT2D eigenvalue weighted by molar-refractivity contribution is 4.79. The van der Waals surface area contributed by atoms with Gasteiger partial charge in [-0.3, -0.25) is 0 Å². The summed E-state index contributed by atoms with van der Waals surface area (Å²) in [6, 6.07) is 0. The molecular formula is C11H22O. The molecule has 0 spiro atoms. The van der Waals surface area contributed by atoms with Crippen LogP contribution in [0.15, 0.2) is 0 Å². The largest absolute Gasteiger partial charge is 0.390 e. The van der Waals surface area contributed by atoms with Gasteiger partial charge in [0.1, 0.15) is 0 Å². The predicted molar refractivity (Wildman–Crippen MR) is 52.0 cm³/mol. The molecule has 0 aromatic carbocycles. The highest BCUT2D eigenvalue weighted by atomic mass is 16.3. The fourth-order valence-corrected chi connectivity index (χ4v) is 2.18. The van der Waals surface area contributed by atoms with E-state index in [1.165, 1.54) is 19.3 Å². The van der Waals surface area contributed by atoms with Crippen LogP contribution in [-0.2, 0) is 0 Å². The summed E-state index contributed by atoms with van der Waals surface area (Å²) >= 11 is 0. The lowest BCUT2D eigenvalue weighted by Crippen LogP contribution is -2.22. The Balaban J connectivity index is 2.45. The topological polar surface area (TPSA) is 20.2 Å². The van der Waals surface area contributed by atoms with Crippen molar-refractivity contribution >= 4 is 0 Å². The first-order valence-corrected chi connectivity index (χ1v) is 5.24. The van der Waals surface area contributed by atoms with Crippen LogP contribution in [0.4, 0.5) is 0 Å². The van der Waals surface area contributed by atoms with Crippen LogP contribution in [0.3, 0.4) is 0 Å². The van der Waals surface area contributed by atoms with Crippen LogP contribution in [0, 0.1) is 11.8 Å². The van der Waals surface area contributed by atoms with E-state index in [0.29, 0.717) is 0 Å². The molecule has 1 aliphatic carbocycles. The average molecular weight is 170 g/mol. The van der Waals surface area contributed by atoms with Crippen LogP contribution in [-0.4, -0.2) is 10.7 Å². The van der Waals surface area contributed by atoms with Crippen molar-refractivity contribution in [1.82, 2.24) is 0 Å². The van der Waals surface area contributed by atoms with E-state index in [0.717, 1.165) is 24.7 Å². The second-order valence-electron chi connectivity index (χ2n) is 4.93. The molecule has 1 fully saturated rings. The SMILES string of the molecule is CC(C)C1CCCC(C)(O)CC1. The van der Waals surface area contributed by atoms with Crippen LogP contribution in [0.25, 0.3) is 0 Å². The van der Waals surface area contributed by atoms with Crippen LogP contribution in [0.5, 0.6) is 0 Å². The standard InChI is InChI=1S/C11H22O/c1-9(2)10-5-4-7-11(3,12)8-6-10/h9-10,12H,4-8H2,1-3H3. The van der Waals surface area contributed by atoms with Gasteiger partial charge < -0.3 is 5.11 Å². The van der Waals surface area contributed by atoms with Gasteiger partial charge in [-0.25, -0.2) is 0 Å². The lowest BCUT2D eigenvalue weighted by atomic mass is 9.88. The van der Waals surface area contributed by atoms with Crippen molar-refractivity contribution in [3.63, 3.8) is 0 Å². The second-order valence-corrected chi connectivity index (χ2v) is 4.93. The van der Waals surface area contributed by atoms with Gasteiger partial charge in [-0.1, -0.05) is 26.7 Å². The minimum absolute atomic E-state index is 0.371. The van der Waals surface area contributed by atoms with E-state index in [2.05, 4.69) is 13.8 Å². The summed E-state index contributed by atoms with van der Waals surface area (Å²) in [6.07, 6.45) is 5.72. The molecule has 0 amide bonds. The van der Waals surface area contributed by atoms with Crippen LogP contribution < -0.4 is 0 Å². The first kappa shape index (κ1) is 10.0. The first-order valence-electron chi connectivity index (χ1n) is 5.24. The van der Waals surface area contributed by atoms with Gasteiger partial charge >= 0.3 is 0 Å². The first-order chi connectivity index (χ1) is 5.51. The third kappa shape index (κ3) is 2.78. The van der Waals surface area contributed by atoms with Crippen LogP contribution >= 0.6 is 0 Å². The molecule has 2 unspecified atom stereocenters. The van der Waals surface area contributed by atoms with Crippen molar-refractivity contribution in [2.75, 3.05) is 0 Å². The fraction of sp³-hybridized carbons (Fsp3) is 1.00. The third-order valence-corrected chi connectivity index (χ3v) is 3.29. The third-order valence-electron chi connectivity index (χ3n) is 3.29. The summed E-state index contributed by atoms with van der Waals surface area (Å²) in [6.45, 7) is 6.57. The van der Waals surface area contributed by atoms with E-state index >= 15 is 0 Å². The summed E-state index contributed by atoms with van der Waals surface area (Å²) in [5.74, 6) is 1.64. The smallest absolute Gasteiger partial charge is 0.0619 e. The van der Waals surface area contributed by atoms with Crippen molar-refractivity contribution in [3.8, 4) is 0 Å². The van der Waals surface area contributed by atoms with E-state index in [1.807, 2.05) is 6.92 Å². The molecule has 0 radical (unpaired) electrons. The Morgan fingerprint density at radius 1 is 1.25 bits per heavy atom. The van der Waals surface area contributed by atoms with E-state index in [4.69, 9.17) is 0 Å². The van der Waals surface area contributed by atoms with Crippen molar-refractivity contribution in [2.24, 2.45) is 11.8 Å². The quantitative estimate of drug-likeness (QED) is 0.600. The Hall–Kier alpha value is -0.0400. The van der Waals surface area contributed by atoms with E-state index in [-0.39, 0.29) is 5.60 Å². The van der Waals surface area contributed by atoms with E-state index < -0.39 is 0 Å². The molecule has 1 nitrogen and oxygen atoms in total. The van der Waals surface area contributed by atoms with Gasteiger partial charge in [-0.2, -0.15) is 0 Å². The molecule has 0 aromatic rings. The molecule has 0 aliphatic heterocycles. The predicted octanol–water partition coefficient (Wildman–Crippen LogP) is 2.97. The van der Waals surface area contributed by atoms with Crippen molar-refractivity contribution in [1.29, 1.82) is 0 Å². The summed E-state index contributed by atoms with van der Waals surface area (Å²) in [4.78, 5) is 0. The van der Waals surface area contributed by atoms with E-state index in [1.54, 1.807) is 0 Å². The number of aliphatic hydroxyl groups is 1. The minimum Gasteiger partial charge on any atom is -0.390 e. The molecule has 1 heteroatoms. The van der Waals surface area contributed by atoms with E-state index in [9.17, 15) is 5.11 Å². The molecular weight excluding hydrogens is 148 g/mol. The molecule has 0 heterocycles. The average Bonchev–Trinajstić information content (AvgIpc) is 2.10. The lowest BCUT2D eigenvalue weighted by Gasteiger charge is -2.21. The van der Waals surface area contributed by atoms with Crippen molar-refractivity contribution in [3.05, 3.63) is 0 Å². The van der Waals surface area contributed by atoms with Crippen LogP contribution in [0.2, 0.25) is 0 Å². The molecule has 2 atom stereocenters. The van der Waals surface area contributed by atoms with Gasteiger partial charge in [0.15, 0.2) is 0 Å².